The van der Waals surface area contributed by atoms with Gasteiger partial charge in [0.25, 0.3) is 0 Å². The molecular formula is C78H36N14. The fourth-order valence-electron chi connectivity index (χ4n) is 13.6. The molecule has 6 heterocycles. The van der Waals surface area contributed by atoms with Crippen molar-refractivity contribution >= 4 is 87.2 Å². The van der Waals surface area contributed by atoms with Crippen molar-refractivity contribution in [2.75, 3.05) is 0 Å². The van der Waals surface area contributed by atoms with Gasteiger partial charge in [0.2, 0.25) is 0 Å². The summed E-state index contributed by atoms with van der Waals surface area (Å²) in [7, 11) is 0. The van der Waals surface area contributed by atoms with Crippen LogP contribution in [0.2, 0.25) is 0 Å². The van der Waals surface area contributed by atoms with Crippen molar-refractivity contribution in [1.29, 1.82) is 42.1 Å². The summed E-state index contributed by atoms with van der Waals surface area (Å²) in [5, 5.41) is 90.8. The van der Waals surface area contributed by atoms with Gasteiger partial charge < -0.3 is 18.3 Å². The van der Waals surface area contributed by atoms with Crippen LogP contribution in [0.5, 0.6) is 0 Å². The Bertz CT molecular complexity index is 5750. The highest BCUT2D eigenvalue weighted by Crippen LogP contribution is 2.55. The molecule has 0 spiro atoms. The van der Waals surface area contributed by atoms with Gasteiger partial charge in [-0.1, -0.05) is 42.5 Å². The standard InChI is InChI=1S/C78H36N14/c79-36-45-11-19-65-55(28-45)56-29-46(37-80)12-20-66(56)89(65)75-73(54-8-5-27-87-44-54)76(90-67-21-13-47(38-81)30-57(67)58-31-48(39-82)14-22-68(58)90)78(92-71-25-17-51(42-85)34-61(71)62-35-52(43-86)18-26-72(62)92)74(64-10-4-9-63(88-64)53-6-2-1-3-7-53)77(75)91-69-23-15-49(40-83)32-59(69)60-33-50(41-84)16-24-70(60)91/h1-35,44H. The minimum atomic E-state index is 0.386. The number of nitriles is 8. The zero-order valence-corrected chi connectivity index (χ0v) is 48.0. The molecule has 0 saturated carbocycles. The van der Waals surface area contributed by atoms with Gasteiger partial charge in [0.1, 0.15) is 0 Å². The highest BCUT2D eigenvalue weighted by molar-refractivity contribution is 6.19. The van der Waals surface area contributed by atoms with Crippen molar-refractivity contribution in [2.24, 2.45) is 0 Å². The SMILES string of the molecule is N#Cc1ccc2c(c1)c1cc(C#N)ccc1n2-c1c(-c2cccnc2)c(-n2c3ccc(C#N)cc3c3cc(C#N)ccc32)c(-n2c3ccc(C#N)cc3c3cc(C#N)ccc32)c(-c2cccc(-c3ccccc3)n2)c1-n1c2ccc(C#N)cc2c2cc(C#N)ccc21. The summed E-state index contributed by atoms with van der Waals surface area (Å²) < 4.78 is 8.69. The number of pyridine rings is 2. The van der Waals surface area contributed by atoms with Crippen molar-refractivity contribution in [1.82, 2.24) is 28.2 Å². The first-order chi connectivity index (χ1) is 45.3. The topological polar surface area (TPSA) is 236 Å². The Morgan fingerprint density at radius 2 is 0.522 bits per heavy atom. The summed E-state index contributed by atoms with van der Waals surface area (Å²) in [4.78, 5) is 10.7. The maximum absolute atomic E-state index is 10.7. The van der Waals surface area contributed by atoms with Gasteiger partial charge in [-0.05, 0) is 164 Å². The van der Waals surface area contributed by atoms with Crippen LogP contribution in [-0.4, -0.2) is 28.2 Å². The maximum Gasteiger partial charge on any atom is 0.0991 e. The van der Waals surface area contributed by atoms with Crippen molar-refractivity contribution < 1.29 is 0 Å². The van der Waals surface area contributed by atoms with Crippen LogP contribution < -0.4 is 0 Å². The number of fused-ring (bicyclic) bond motifs is 12. The lowest BCUT2D eigenvalue weighted by molar-refractivity contribution is 1.04. The number of nitrogens with zero attached hydrogens (tertiary/aromatic N) is 14. The number of rotatable bonds is 7. The highest BCUT2D eigenvalue weighted by atomic mass is 15.1. The number of hydrogen-bond acceptors (Lipinski definition) is 10. The highest BCUT2D eigenvalue weighted by Gasteiger charge is 2.36. The molecule has 10 aromatic carbocycles. The van der Waals surface area contributed by atoms with Crippen molar-refractivity contribution in [3.63, 3.8) is 0 Å². The third-order valence-electron chi connectivity index (χ3n) is 17.4. The predicted octanol–water partition coefficient (Wildman–Crippen LogP) is 16.8. The monoisotopic (exact) mass is 1170 g/mol. The van der Waals surface area contributed by atoms with Crippen molar-refractivity contribution in [2.45, 2.75) is 0 Å². The van der Waals surface area contributed by atoms with Gasteiger partial charge in [-0.15, -0.1) is 0 Å². The molecule has 0 atom stereocenters. The first-order valence-corrected chi connectivity index (χ1v) is 29.0. The smallest absolute Gasteiger partial charge is 0.0991 e. The van der Waals surface area contributed by atoms with Crippen LogP contribution >= 0.6 is 0 Å². The van der Waals surface area contributed by atoms with Crippen molar-refractivity contribution in [3.8, 4) is 105 Å². The number of aromatic nitrogens is 6. The zero-order chi connectivity index (χ0) is 62.5. The van der Waals surface area contributed by atoms with Gasteiger partial charge in [0, 0.05) is 72.2 Å². The van der Waals surface area contributed by atoms with Crippen LogP contribution in [-0.2, 0) is 0 Å². The minimum absolute atomic E-state index is 0.386. The number of benzene rings is 10. The van der Waals surface area contributed by atoms with E-state index < -0.39 is 0 Å². The zero-order valence-electron chi connectivity index (χ0n) is 48.0. The fraction of sp³-hybridized carbons (Fsp3) is 0. The van der Waals surface area contributed by atoms with Gasteiger partial charge in [-0.2, -0.15) is 42.1 Å². The van der Waals surface area contributed by atoms with Crippen molar-refractivity contribution in [3.05, 3.63) is 263 Å². The van der Waals surface area contributed by atoms with Gasteiger partial charge in [0.05, 0.1) is 177 Å². The van der Waals surface area contributed by atoms with E-state index in [0.717, 1.165) is 5.56 Å². The van der Waals surface area contributed by atoms with Crippen LogP contribution in [0.3, 0.4) is 0 Å². The summed E-state index contributed by atoms with van der Waals surface area (Å²) in [6.07, 6.45) is 3.51. The molecule has 6 aromatic heterocycles. The van der Waals surface area contributed by atoms with E-state index in [0.29, 0.717) is 183 Å². The maximum atomic E-state index is 10.7. The molecule has 0 N–H and O–H groups in total. The Morgan fingerprint density at radius 1 is 0.250 bits per heavy atom. The lowest BCUT2D eigenvalue weighted by atomic mass is 9.92. The molecule has 0 amide bonds. The molecule has 14 heteroatoms. The summed E-state index contributed by atoms with van der Waals surface area (Å²) in [5.41, 5.74) is 14.2. The Morgan fingerprint density at radius 3 is 0.793 bits per heavy atom. The van der Waals surface area contributed by atoms with E-state index in [1.54, 1.807) is 54.7 Å². The third kappa shape index (κ3) is 7.85. The number of hydrogen-bond donors (Lipinski definition) is 0. The second-order valence-corrected chi connectivity index (χ2v) is 22.3. The van der Waals surface area contributed by atoms with Crippen LogP contribution in [0.1, 0.15) is 44.5 Å². The normalized spacial score (nSPS) is 11.2. The minimum Gasteiger partial charge on any atom is -0.306 e. The summed E-state index contributed by atoms with van der Waals surface area (Å²) in [6, 6.07) is 82.8. The van der Waals surface area contributed by atoms with Gasteiger partial charge in [0.15, 0.2) is 0 Å². The molecular weight excluding hydrogens is 1130 g/mol. The molecule has 0 radical (unpaired) electrons. The lowest BCUT2D eigenvalue weighted by Crippen LogP contribution is -2.16. The molecule has 0 aliphatic carbocycles. The Labute approximate surface area is 522 Å². The Hall–Kier alpha value is -14.4. The van der Waals surface area contributed by atoms with Crippen LogP contribution in [0.25, 0.3) is 144 Å². The second-order valence-electron chi connectivity index (χ2n) is 22.3. The second kappa shape index (κ2) is 20.7. The van der Waals surface area contributed by atoms with E-state index in [1.165, 1.54) is 0 Å². The quantitative estimate of drug-likeness (QED) is 0.146. The van der Waals surface area contributed by atoms with E-state index in [-0.39, 0.29) is 0 Å². The molecule has 0 unspecified atom stereocenters. The largest absolute Gasteiger partial charge is 0.306 e. The summed E-state index contributed by atoms with van der Waals surface area (Å²) in [5.74, 6) is 0. The summed E-state index contributed by atoms with van der Waals surface area (Å²) >= 11 is 0. The average molecular weight is 1170 g/mol. The van der Waals surface area contributed by atoms with E-state index in [2.05, 4.69) is 66.8 Å². The molecule has 418 valence electrons. The average Bonchev–Trinajstić information content (AvgIpc) is 1.43. The molecule has 0 aliphatic heterocycles. The van der Waals surface area contributed by atoms with Gasteiger partial charge >= 0.3 is 0 Å². The molecule has 0 fully saturated rings. The van der Waals surface area contributed by atoms with E-state index >= 15 is 0 Å². The predicted molar refractivity (Wildman–Crippen MR) is 353 cm³/mol. The van der Waals surface area contributed by atoms with Crippen LogP contribution in [0.15, 0.2) is 219 Å². The first-order valence-electron chi connectivity index (χ1n) is 29.0. The molecule has 0 aliphatic rings. The molecule has 0 bridgehead atoms. The third-order valence-corrected chi connectivity index (χ3v) is 17.4. The molecule has 92 heavy (non-hydrogen) atoms. The van der Waals surface area contributed by atoms with Gasteiger partial charge in [-0.3, -0.25) is 4.98 Å². The van der Waals surface area contributed by atoms with E-state index in [9.17, 15) is 42.1 Å². The Kier molecular flexibility index (Phi) is 11.9. The van der Waals surface area contributed by atoms with E-state index in [1.807, 2.05) is 164 Å². The van der Waals surface area contributed by atoms with E-state index in [4.69, 9.17) is 9.97 Å². The molecule has 14 nitrogen and oxygen atoms in total. The molecule has 16 aromatic rings. The van der Waals surface area contributed by atoms with Crippen LogP contribution in [0.4, 0.5) is 0 Å². The van der Waals surface area contributed by atoms with Gasteiger partial charge in [-0.25, -0.2) is 4.98 Å². The fourth-order valence-corrected chi connectivity index (χ4v) is 13.6. The molecule has 0 saturated heterocycles. The van der Waals surface area contributed by atoms with Crippen LogP contribution in [0, 0.1) is 90.6 Å². The molecule has 16 rings (SSSR count). The first kappa shape index (κ1) is 53.1. The Balaban J connectivity index is 1.31. The lowest BCUT2D eigenvalue weighted by Gasteiger charge is -2.31. The summed E-state index contributed by atoms with van der Waals surface area (Å²) in [6.45, 7) is 0.